The minimum Gasteiger partial charge on any atom is -0.466 e. The van der Waals surface area contributed by atoms with Crippen LogP contribution in [-0.2, 0) is 38.0 Å². The lowest BCUT2D eigenvalue weighted by Crippen LogP contribution is -2.41. The predicted molar refractivity (Wildman–Crippen MR) is 324 cm³/mol. The molecule has 0 aromatic rings. The highest BCUT2D eigenvalue weighted by Gasteiger charge is 2.28. The number of hydrogen-bond acceptors (Lipinski definition) is 10. The second kappa shape index (κ2) is 59.3. The first-order valence-electron chi connectivity index (χ1n) is 34.1. The van der Waals surface area contributed by atoms with E-state index in [1.165, 1.54) is 225 Å². The predicted octanol–water partition coefficient (Wildman–Crippen LogP) is 18.7. The van der Waals surface area contributed by atoms with Crippen molar-refractivity contribution in [1.29, 1.82) is 0 Å². The van der Waals surface area contributed by atoms with E-state index < -0.39 is 0 Å². The Morgan fingerprint density at radius 1 is 0.390 bits per heavy atom. The molecule has 2 unspecified atom stereocenters. The highest BCUT2D eigenvalue weighted by molar-refractivity contribution is 5.69. The van der Waals surface area contributed by atoms with Gasteiger partial charge in [0.2, 0.25) is 0 Å². The third-order valence-electron chi connectivity index (χ3n) is 16.2. The normalized spacial score (nSPS) is 15.1. The summed E-state index contributed by atoms with van der Waals surface area (Å²) in [7, 11) is 0. The highest BCUT2D eigenvalue weighted by atomic mass is 16.7. The Morgan fingerprint density at radius 3 is 1.05 bits per heavy atom. The number of piperidine rings is 1. The standard InChI is InChI=1S/C67H131NO9/c1-5-9-13-17-21-29-41-57-74-66(75-58-42-30-22-18-14-10-6-2)49-47-64(70)72-55-39-33-25-27-35-45-62-51-53-68(52-37-38-54-69)61-63(62)46-36-28-26-34-40-56-73-65(71)48-50-67(76-59-43-31-23-19-15-11-7-3)77-60-44-32-24-20-16-12-8-4/h62-63,66-67,69H,5-61H2,1-4H3. The molecule has 1 aliphatic heterocycles. The molecular formula is C67H131NO9. The zero-order valence-electron chi connectivity index (χ0n) is 51.8. The van der Waals surface area contributed by atoms with E-state index >= 15 is 0 Å². The second-order valence-corrected chi connectivity index (χ2v) is 23.5. The summed E-state index contributed by atoms with van der Waals surface area (Å²) in [6.45, 7) is 16.6. The van der Waals surface area contributed by atoms with Gasteiger partial charge < -0.3 is 38.4 Å². The molecule has 10 nitrogen and oxygen atoms in total. The number of ether oxygens (including phenoxy) is 6. The van der Waals surface area contributed by atoms with E-state index in [9.17, 15) is 14.7 Å². The van der Waals surface area contributed by atoms with Crippen molar-refractivity contribution in [3.8, 4) is 0 Å². The zero-order chi connectivity index (χ0) is 55.6. The van der Waals surface area contributed by atoms with Gasteiger partial charge in [0.25, 0.3) is 0 Å². The lowest BCUT2D eigenvalue weighted by atomic mass is 9.79. The van der Waals surface area contributed by atoms with Gasteiger partial charge in [0.15, 0.2) is 12.6 Å². The van der Waals surface area contributed by atoms with E-state index in [2.05, 4.69) is 32.6 Å². The molecule has 10 heteroatoms. The second-order valence-electron chi connectivity index (χ2n) is 23.5. The van der Waals surface area contributed by atoms with Crippen LogP contribution in [-0.4, -0.2) is 100 Å². The molecule has 0 saturated carbocycles. The number of esters is 2. The molecule has 1 heterocycles. The van der Waals surface area contributed by atoms with Gasteiger partial charge in [0, 0.05) is 52.4 Å². The number of carbonyl (C=O) groups is 2. The van der Waals surface area contributed by atoms with Gasteiger partial charge in [-0.25, -0.2) is 0 Å². The summed E-state index contributed by atoms with van der Waals surface area (Å²) in [6.07, 6.45) is 53.6. The van der Waals surface area contributed by atoms with Gasteiger partial charge in [-0.3, -0.25) is 9.59 Å². The molecule has 0 aromatic carbocycles. The number of unbranched alkanes of at least 4 members (excludes halogenated alkanes) is 33. The van der Waals surface area contributed by atoms with Crippen molar-refractivity contribution in [3.05, 3.63) is 0 Å². The SMILES string of the molecule is CCCCCCCCCOC(CCC(=O)OCCCCCCCC1CCN(CCCCO)CC1CCCCCCCOC(=O)CCC(OCCCCCCCCC)OCCCCCCCCC)OCCCCCCCCC. The molecule has 2 atom stereocenters. The number of rotatable bonds is 62. The molecule has 77 heavy (non-hydrogen) atoms. The van der Waals surface area contributed by atoms with Gasteiger partial charge in [-0.1, -0.05) is 240 Å². The van der Waals surface area contributed by atoms with E-state index in [-0.39, 0.29) is 31.1 Å². The number of likely N-dealkylation sites (tertiary alicyclic amines) is 1. The molecule has 0 amide bonds. The summed E-state index contributed by atoms with van der Waals surface area (Å²) in [5.74, 6) is 1.29. The van der Waals surface area contributed by atoms with Crippen molar-refractivity contribution in [3.63, 3.8) is 0 Å². The number of aliphatic hydroxyl groups excluding tert-OH is 1. The lowest BCUT2D eigenvalue weighted by Gasteiger charge is -2.39. The number of aliphatic hydroxyl groups is 1. The highest BCUT2D eigenvalue weighted by Crippen LogP contribution is 2.33. The van der Waals surface area contributed by atoms with Gasteiger partial charge in [0.1, 0.15) is 0 Å². The monoisotopic (exact) mass is 1090 g/mol. The molecule has 1 rings (SSSR count). The van der Waals surface area contributed by atoms with Crippen molar-refractivity contribution >= 4 is 11.9 Å². The fourth-order valence-electron chi connectivity index (χ4n) is 11.1. The number of carbonyl (C=O) groups excluding carboxylic acids is 2. The Labute approximate surface area is 477 Å². The maximum atomic E-state index is 12.8. The average molecular weight is 1090 g/mol. The summed E-state index contributed by atoms with van der Waals surface area (Å²) in [6, 6.07) is 0. The van der Waals surface area contributed by atoms with Crippen LogP contribution in [0.1, 0.15) is 329 Å². The molecule has 1 aliphatic rings. The van der Waals surface area contributed by atoms with Crippen LogP contribution in [0.3, 0.4) is 0 Å². The Morgan fingerprint density at radius 2 is 0.701 bits per heavy atom. The van der Waals surface area contributed by atoms with Crippen LogP contribution < -0.4 is 0 Å². The molecule has 1 fully saturated rings. The largest absolute Gasteiger partial charge is 0.466 e. The van der Waals surface area contributed by atoms with Crippen molar-refractivity contribution in [2.75, 3.05) is 65.9 Å². The van der Waals surface area contributed by atoms with Gasteiger partial charge in [-0.05, 0) is 89.1 Å². The third kappa shape index (κ3) is 50.2. The number of hydrogen-bond donors (Lipinski definition) is 1. The zero-order valence-corrected chi connectivity index (χ0v) is 51.8. The van der Waals surface area contributed by atoms with Crippen LogP contribution in [0.4, 0.5) is 0 Å². The molecular weight excluding hydrogens is 963 g/mol. The van der Waals surface area contributed by atoms with Crippen molar-refractivity contribution < 1.29 is 43.1 Å². The first-order chi connectivity index (χ1) is 38.0. The molecule has 0 aliphatic carbocycles. The van der Waals surface area contributed by atoms with Gasteiger partial charge in [-0.15, -0.1) is 0 Å². The summed E-state index contributed by atoms with van der Waals surface area (Å²) in [5.41, 5.74) is 0. The Bertz CT molecular complexity index is 1170. The molecule has 0 bridgehead atoms. The summed E-state index contributed by atoms with van der Waals surface area (Å²) < 4.78 is 36.1. The van der Waals surface area contributed by atoms with Gasteiger partial charge >= 0.3 is 11.9 Å². The maximum absolute atomic E-state index is 12.8. The first kappa shape index (κ1) is 73.7. The fourth-order valence-corrected chi connectivity index (χ4v) is 11.1. The number of nitrogens with zero attached hydrogens (tertiary/aromatic N) is 1. The van der Waals surface area contributed by atoms with Crippen LogP contribution in [0.5, 0.6) is 0 Å². The van der Waals surface area contributed by atoms with Crippen molar-refractivity contribution in [1.82, 2.24) is 4.90 Å². The molecule has 0 spiro atoms. The quantitative estimate of drug-likeness (QED) is 0.0359. The summed E-state index contributed by atoms with van der Waals surface area (Å²) in [4.78, 5) is 28.2. The van der Waals surface area contributed by atoms with E-state index in [4.69, 9.17) is 28.4 Å². The Balaban J connectivity index is 2.36. The van der Waals surface area contributed by atoms with E-state index in [1.54, 1.807) is 0 Å². The van der Waals surface area contributed by atoms with Gasteiger partial charge in [-0.2, -0.15) is 0 Å². The fraction of sp³-hybridized carbons (Fsp3) is 0.970. The van der Waals surface area contributed by atoms with Crippen LogP contribution in [0.25, 0.3) is 0 Å². The maximum Gasteiger partial charge on any atom is 0.305 e. The average Bonchev–Trinajstić information content (AvgIpc) is 3.43. The minimum absolute atomic E-state index is 0.127. The molecule has 1 N–H and O–H groups in total. The van der Waals surface area contributed by atoms with Crippen LogP contribution >= 0.6 is 0 Å². The third-order valence-corrected chi connectivity index (χ3v) is 16.2. The molecule has 458 valence electrons. The molecule has 1 saturated heterocycles. The van der Waals surface area contributed by atoms with Crippen LogP contribution in [0.2, 0.25) is 0 Å². The van der Waals surface area contributed by atoms with Crippen molar-refractivity contribution in [2.45, 2.75) is 342 Å². The first-order valence-corrected chi connectivity index (χ1v) is 34.1. The van der Waals surface area contributed by atoms with Crippen molar-refractivity contribution in [2.24, 2.45) is 11.8 Å². The lowest BCUT2D eigenvalue weighted by molar-refractivity contribution is -0.159. The van der Waals surface area contributed by atoms with E-state index in [0.29, 0.717) is 65.3 Å². The Kier molecular flexibility index (Phi) is 56.8. The van der Waals surface area contributed by atoms with Gasteiger partial charge in [0.05, 0.1) is 26.1 Å². The van der Waals surface area contributed by atoms with Crippen LogP contribution in [0, 0.1) is 11.8 Å². The minimum atomic E-state index is -0.320. The van der Waals surface area contributed by atoms with E-state index in [0.717, 1.165) is 82.6 Å². The summed E-state index contributed by atoms with van der Waals surface area (Å²) in [5, 5.41) is 9.39. The molecule has 0 radical (unpaired) electrons. The Hall–Kier alpha value is -1.30. The molecule has 0 aromatic heterocycles. The van der Waals surface area contributed by atoms with E-state index in [1.807, 2.05) is 0 Å². The summed E-state index contributed by atoms with van der Waals surface area (Å²) >= 11 is 0. The topological polar surface area (TPSA) is 113 Å². The smallest absolute Gasteiger partial charge is 0.305 e. The van der Waals surface area contributed by atoms with Crippen LogP contribution in [0.15, 0.2) is 0 Å².